The van der Waals surface area contributed by atoms with Gasteiger partial charge < -0.3 is 4.90 Å². The van der Waals surface area contributed by atoms with Crippen LogP contribution >= 0.6 is 0 Å². The van der Waals surface area contributed by atoms with E-state index in [0.717, 1.165) is 35.2 Å². The van der Waals surface area contributed by atoms with Gasteiger partial charge in [0.2, 0.25) is 0 Å². The summed E-state index contributed by atoms with van der Waals surface area (Å²) in [7, 11) is 0. The highest BCUT2D eigenvalue weighted by atomic mass is 15.2. The molecule has 1 aliphatic heterocycles. The highest BCUT2D eigenvalue weighted by molar-refractivity contribution is 5.43. The molecule has 1 aromatic rings. The van der Waals surface area contributed by atoms with E-state index < -0.39 is 0 Å². The fourth-order valence-corrected chi connectivity index (χ4v) is 3.88. The molecule has 1 saturated carbocycles. The number of aryl methyl sites for hydroxylation is 2. The van der Waals surface area contributed by atoms with Crippen molar-refractivity contribution in [3.8, 4) is 0 Å². The maximum absolute atomic E-state index is 4.66. The Hall–Kier alpha value is -1.12. The summed E-state index contributed by atoms with van der Waals surface area (Å²) in [4.78, 5) is 11.6. The van der Waals surface area contributed by atoms with E-state index in [1.807, 2.05) is 6.92 Å². The molecule has 98 valence electrons. The summed E-state index contributed by atoms with van der Waals surface area (Å²) in [5, 5.41) is 0. The van der Waals surface area contributed by atoms with Gasteiger partial charge in [-0.05, 0) is 38.5 Å². The summed E-state index contributed by atoms with van der Waals surface area (Å²) < 4.78 is 0. The molecule has 2 fully saturated rings. The van der Waals surface area contributed by atoms with E-state index >= 15 is 0 Å². The monoisotopic (exact) mass is 245 g/mol. The molecular formula is C15H23N3. The first kappa shape index (κ1) is 11.9. The van der Waals surface area contributed by atoms with Crippen molar-refractivity contribution in [3.63, 3.8) is 0 Å². The summed E-state index contributed by atoms with van der Waals surface area (Å²) in [5.41, 5.74) is 1.09. The van der Waals surface area contributed by atoms with E-state index in [9.17, 15) is 0 Å². The quantitative estimate of drug-likeness (QED) is 0.761. The predicted octanol–water partition coefficient (Wildman–Crippen LogP) is 3.11. The van der Waals surface area contributed by atoms with E-state index in [2.05, 4.69) is 34.8 Å². The van der Waals surface area contributed by atoms with E-state index in [4.69, 9.17) is 0 Å². The van der Waals surface area contributed by atoms with Crippen molar-refractivity contribution in [1.29, 1.82) is 0 Å². The average Bonchev–Trinajstić information content (AvgIpc) is 2.66. The van der Waals surface area contributed by atoms with Gasteiger partial charge in [0.25, 0.3) is 0 Å². The number of nitrogens with zero attached hydrogens (tertiary/aromatic N) is 3. The zero-order valence-corrected chi connectivity index (χ0v) is 11.7. The minimum Gasteiger partial charge on any atom is -0.353 e. The summed E-state index contributed by atoms with van der Waals surface area (Å²) in [6.07, 6.45) is 5.55. The molecule has 2 heterocycles. The molecule has 3 heteroatoms. The van der Waals surface area contributed by atoms with Crippen molar-refractivity contribution >= 4 is 5.82 Å². The van der Waals surface area contributed by atoms with Crippen LogP contribution in [0.5, 0.6) is 0 Å². The molecule has 3 unspecified atom stereocenters. The third-order valence-corrected chi connectivity index (χ3v) is 4.64. The summed E-state index contributed by atoms with van der Waals surface area (Å²) in [6, 6.07) is 2.87. The van der Waals surface area contributed by atoms with Crippen molar-refractivity contribution in [2.24, 2.45) is 11.8 Å². The van der Waals surface area contributed by atoms with Crippen LogP contribution in [-0.4, -0.2) is 22.6 Å². The molecule has 0 N–H and O–H groups in total. The maximum Gasteiger partial charge on any atom is 0.132 e. The van der Waals surface area contributed by atoms with Gasteiger partial charge in [-0.15, -0.1) is 0 Å². The molecule has 3 rings (SSSR count). The Labute approximate surface area is 110 Å². The van der Waals surface area contributed by atoms with E-state index in [1.165, 1.54) is 32.2 Å². The first-order valence-corrected chi connectivity index (χ1v) is 7.24. The third kappa shape index (κ3) is 2.00. The van der Waals surface area contributed by atoms with E-state index in [0.29, 0.717) is 0 Å². The van der Waals surface area contributed by atoms with Gasteiger partial charge in [-0.25, -0.2) is 9.97 Å². The molecule has 2 aliphatic rings. The fraction of sp³-hybridized carbons (Fsp3) is 0.733. The highest BCUT2D eigenvalue weighted by Gasteiger charge is 2.41. The Morgan fingerprint density at radius 3 is 2.72 bits per heavy atom. The lowest BCUT2D eigenvalue weighted by molar-refractivity contribution is 0.293. The molecule has 0 radical (unpaired) electrons. The molecule has 18 heavy (non-hydrogen) atoms. The minimum atomic E-state index is 0.724. The first-order chi connectivity index (χ1) is 8.65. The first-order valence-electron chi connectivity index (χ1n) is 7.24. The van der Waals surface area contributed by atoms with E-state index in [1.54, 1.807) is 0 Å². The van der Waals surface area contributed by atoms with Gasteiger partial charge in [0.1, 0.15) is 11.6 Å². The normalized spacial score (nSPS) is 31.5. The Morgan fingerprint density at radius 2 is 1.94 bits per heavy atom. The standard InChI is InChI=1S/C15H23N3/c1-10-9-18(14-7-5-4-6-13(10)14)15-8-11(2)16-12(3)17-15/h8,10,13-14H,4-7,9H2,1-3H3. The lowest BCUT2D eigenvalue weighted by Crippen LogP contribution is -2.35. The lowest BCUT2D eigenvalue weighted by Gasteiger charge is -2.32. The van der Waals surface area contributed by atoms with Gasteiger partial charge in [-0.2, -0.15) is 0 Å². The number of hydrogen-bond acceptors (Lipinski definition) is 3. The molecule has 1 aromatic heterocycles. The van der Waals surface area contributed by atoms with Crippen molar-refractivity contribution in [2.45, 2.75) is 52.5 Å². The van der Waals surface area contributed by atoms with Gasteiger partial charge in [0, 0.05) is 24.3 Å². The predicted molar refractivity (Wildman–Crippen MR) is 73.8 cm³/mol. The van der Waals surface area contributed by atoms with Crippen molar-refractivity contribution < 1.29 is 0 Å². The molecule has 1 saturated heterocycles. The fourth-order valence-electron chi connectivity index (χ4n) is 3.88. The van der Waals surface area contributed by atoms with Crippen LogP contribution in [0, 0.1) is 25.7 Å². The Morgan fingerprint density at radius 1 is 1.17 bits per heavy atom. The maximum atomic E-state index is 4.66. The van der Waals surface area contributed by atoms with Gasteiger partial charge in [0.05, 0.1) is 0 Å². The topological polar surface area (TPSA) is 29.0 Å². The molecular weight excluding hydrogens is 222 g/mol. The SMILES string of the molecule is Cc1cc(N2CC(C)C3CCCCC32)nc(C)n1. The summed E-state index contributed by atoms with van der Waals surface area (Å²) in [6.45, 7) is 7.64. The molecule has 0 amide bonds. The number of hydrogen-bond donors (Lipinski definition) is 0. The number of fused-ring (bicyclic) bond motifs is 1. The molecule has 0 bridgehead atoms. The second-order valence-corrected chi connectivity index (χ2v) is 6.06. The summed E-state index contributed by atoms with van der Waals surface area (Å²) >= 11 is 0. The molecule has 3 nitrogen and oxygen atoms in total. The van der Waals surface area contributed by atoms with Crippen LogP contribution in [0.15, 0.2) is 6.07 Å². The van der Waals surface area contributed by atoms with Crippen molar-refractivity contribution in [2.75, 3.05) is 11.4 Å². The Bertz CT molecular complexity index is 423. The van der Waals surface area contributed by atoms with Gasteiger partial charge in [-0.1, -0.05) is 19.8 Å². The lowest BCUT2D eigenvalue weighted by atomic mass is 9.80. The largest absolute Gasteiger partial charge is 0.353 e. The molecule has 0 spiro atoms. The highest BCUT2D eigenvalue weighted by Crippen LogP contribution is 2.41. The second kappa shape index (κ2) is 4.52. The second-order valence-electron chi connectivity index (χ2n) is 6.06. The molecule has 1 aliphatic carbocycles. The zero-order valence-electron chi connectivity index (χ0n) is 11.7. The van der Waals surface area contributed by atoms with Crippen LogP contribution in [0.4, 0.5) is 5.82 Å². The zero-order chi connectivity index (χ0) is 12.7. The van der Waals surface area contributed by atoms with Gasteiger partial charge in [0.15, 0.2) is 0 Å². The minimum absolute atomic E-state index is 0.724. The van der Waals surface area contributed by atoms with Crippen LogP contribution in [0.1, 0.15) is 44.1 Å². The average molecular weight is 245 g/mol. The number of anilines is 1. The van der Waals surface area contributed by atoms with Gasteiger partial charge in [-0.3, -0.25) is 0 Å². The molecule has 0 aromatic carbocycles. The number of rotatable bonds is 1. The Balaban J connectivity index is 1.91. The van der Waals surface area contributed by atoms with Crippen molar-refractivity contribution in [3.05, 3.63) is 17.6 Å². The third-order valence-electron chi connectivity index (χ3n) is 4.64. The van der Waals surface area contributed by atoms with Crippen LogP contribution in [-0.2, 0) is 0 Å². The van der Waals surface area contributed by atoms with Crippen LogP contribution in [0.2, 0.25) is 0 Å². The van der Waals surface area contributed by atoms with Crippen LogP contribution in [0.3, 0.4) is 0 Å². The van der Waals surface area contributed by atoms with Crippen molar-refractivity contribution in [1.82, 2.24) is 9.97 Å². The van der Waals surface area contributed by atoms with Crippen LogP contribution < -0.4 is 4.90 Å². The smallest absolute Gasteiger partial charge is 0.132 e. The van der Waals surface area contributed by atoms with Gasteiger partial charge >= 0.3 is 0 Å². The molecule has 3 atom stereocenters. The Kier molecular flexibility index (Phi) is 3.00. The summed E-state index contributed by atoms with van der Waals surface area (Å²) in [5.74, 6) is 3.75. The van der Waals surface area contributed by atoms with Crippen LogP contribution in [0.25, 0.3) is 0 Å². The number of aromatic nitrogens is 2. The van der Waals surface area contributed by atoms with E-state index in [-0.39, 0.29) is 0 Å².